The molecule has 1 saturated heterocycles. The van der Waals surface area contributed by atoms with Gasteiger partial charge in [-0.25, -0.2) is 4.79 Å². The molecule has 5 nitrogen and oxygen atoms in total. The molecule has 1 aromatic carbocycles. The molecule has 6 heteroatoms. The minimum atomic E-state index is -0.927. The van der Waals surface area contributed by atoms with E-state index in [2.05, 4.69) is 0 Å². The summed E-state index contributed by atoms with van der Waals surface area (Å²) in [6, 6.07) is 12.6. The van der Waals surface area contributed by atoms with Gasteiger partial charge in [0, 0.05) is 18.7 Å². The third-order valence-electron chi connectivity index (χ3n) is 3.60. The van der Waals surface area contributed by atoms with Gasteiger partial charge in [-0.05, 0) is 11.4 Å². The molecule has 120 valence electrons. The van der Waals surface area contributed by atoms with Gasteiger partial charge in [-0.15, -0.1) is 11.3 Å². The van der Waals surface area contributed by atoms with Crippen LogP contribution in [0.2, 0.25) is 0 Å². The highest BCUT2D eigenvalue weighted by atomic mass is 32.1. The Balaban J connectivity index is 1.81. The number of carbonyl (C=O) groups excluding carboxylic acids is 2. The second-order valence-corrected chi connectivity index (χ2v) is 6.06. The second-order valence-electron chi connectivity index (χ2n) is 5.11. The largest absolute Gasteiger partial charge is 0.443 e. The van der Waals surface area contributed by atoms with Gasteiger partial charge >= 0.3 is 5.97 Å². The number of ether oxygens (including phenoxy) is 2. The number of amides is 1. The molecule has 3 rings (SSSR count). The molecular weight excluding hydrogens is 314 g/mol. The molecule has 2 heterocycles. The molecule has 0 unspecified atom stereocenters. The summed E-state index contributed by atoms with van der Waals surface area (Å²) in [6.07, 6.45) is -0.927. The van der Waals surface area contributed by atoms with Crippen LogP contribution in [0.15, 0.2) is 47.8 Å². The number of carbonyl (C=O) groups is 2. The molecule has 1 atom stereocenters. The zero-order valence-corrected chi connectivity index (χ0v) is 13.3. The summed E-state index contributed by atoms with van der Waals surface area (Å²) in [5.41, 5.74) is 0.675. The van der Waals surface area contributed by atoms with E-state index in [1.165, 1.54) is 11.3 Å². The number of nitrogens with zero attached hydrogens (tertiary/aromatic N) is 1. The Bertz CT molecular complexity index is 650. The maximum absolute atomic E-state index is 12.8. The molecule has 0 bridgehead atoms. The maximum Gasteiger partial charge on any atom is 0.349 e. The van der Waals surface area contributed by atoms with Crippen molar-refractivity contribution >= 4 is 23.2 Å². The Morgan fingerprint density at radius 3 is 2.48 bits per heavy atom. The van der Waals surface area contributed by atoms with Crippen LogP contribution in [0.3, 0.4) is 0 Å². The van der Waals surface area contributed by atoms with Gasteiger partial charge in [-0.3, -0.25) is 4.79 Å². The fourth-order valence-corrected chi connectivity index (χ4v) is 3.00. The molecule has 0 aliphatic carbocycles. The summed E-state index contributed by atoms with van der Waals surface area (Å²) in [4.78, 5) is 27.2. The summed E-state index contributed by atoms with van der Waals surface area (Å²) >= 11 is 1.30. The first kappa shape index (κ1) is 15.7. The summed E-state index contributed by atoms with van der Waals surface area (Å²) < 4.78 is 10.8. The zero-order valence-electron chi connectivity index (χ0n) is 12.5. The van der Waals surface area contributed by atoms with Gasteiger partial charge in [0.2, 0.25) is 6.10 Å². The Labute approximate surface area is 138 Å². The van der Waals surface area contributed by atoms with Gasteiger partial charge in [-0.2, -0.15) is 0 Å². The minimum Gasteiger partial charge on any atom is -0.443 e. The topological polar surface area (TPSA) is 55.8 Å². The number of morpholine rings is 1. The van der Waals surface area contributed by atoms with Crippen molar-refractivity contribution < 1.29 is 19.1 Å². The van der Waals surface area contributed by atoms with E-state index >= 15 is 0 Å². The molecule has 1 aliphatic rings. The first-order valence-electron chi connectivity index (χ1n) is 7.41. The van der Waals surface area contributed by atoms with E-state index in [4.69, 9.17) is 9.47 Å². The number of rotatable bonds is 4. The van der Waals surface area contributed by atoms with Crippen LogP contribution in [0.4, 0.5) is 0 Å². The predicted molar refractivity (Wildman–Crippen MR) is 86.3 cm³/mol. The van der Waals surface area contributed by atoms with Crippen molar-refractivity contribution in [1.29, 1.82) is 0 Å². The van der Waals surface area contributed by atoms with Crippen LogP contribution in [0, 0.1) is 0 Å². The van der Waals surface area contributed by atoms with Crippen LogP contribution in [-0.2, 0) is 14.3 Å². The summed E-state index contributed by atoms with van der Waals surface area (Å²) in [7, 11) is 0. The van der Waals surface area contributed by atoms with Crippen LogP contribution in [0.1, 0.15) is 21.3 Å². The van der Waals surface area contributed by atoms with Crippen LogP contribution < -0.4 is 0 Å². The lowest BCUT2D eigenvalue weighted by Gasteiger charge is -2.30. The predicted octanol–water partition coefficient (Wildman–Crippen LogP) is 2.51. The summed E-state index contributed by atoms with van der Waals surface area (Å²) in [5, 5.41) is 1.80. The third-order valence-corrected chi connectivity index (χ3v) is 4.45. The quantitative estimate of drug-likeness (QED) is 0.808. The van der Waals surface area contributed by atoms with E-state index in [1.807, 2.05) is 18.2 Å². The Morgan fingerprint density at radius 2 is 1.83 bits per heavy atom. The van der Waals surface area contributed by atoms with Gasteiger partial charge in [-0.1, -0.05) is 36.4 Å². The van der Waals surface area contributed by atoms with E-state index in [9.17, 15) is 9.59 Å². The van der Waals surface area contributed by atoms with Crippen molar-refractivity contribution in [3.8, 4) is 0 Å². The van der Waals surface area contributed by atoms with Gasteiger partial charge in [0.25, 0.3) is 5.91 Å². The standard InChI is InChI=1S/C17H17NO4S/c19-16(18-8-10-21-11-9-18)15(13-5-2-1-3-6-13)22-17(20)14-7-4-12-23-14/h1-7,12,15H,8-11H2/t15-/m1/s1. The molecule has 0 radical (unpaired) electrons. The number of esters is 1. The highest BCUT2D eigenvalue weighted by molar-refractivity contribution is 7.11. The third kappa shape index (κ3) is 3.78. The van der Waals surface area contributed by atoms with E-state index in [0.717, 1.165) is 0 Å². The molecule has 1 aliphatic heterocycles. The molecule has 1 fully saturated rings. The smallest absolute Gasteiger partial charge is 0.349 e. The average molecular weight is 331 g/mol. The Hall–Kier alpha value is -2.18. The van der Waals surface area contributed by atoms with E-state index in [0.29, 0.717) is 36.7 Å². The lowest BCUT2D eigenvalue weighted by molar-refractivity contribution is -0.145. The van der Waals surface area contributed by atoms with Crippen molar-refractivity contribution in [1.82, 2.24) is 4.90 Å². The molecule has 1 aromatic heterocycles. The van der Waals surface area contributed by atoms with Crippen molar-refractivity contribution in [3.63, 3.8) is 0 Å². The maximum atomic E-state index is 12.8. The summed E-state index contributed by atoms with van der Waals surface area (Å²) in [5.74, 6) is -0.681. The van der Waals surface area contributed by atoms with Crippen LogP contribution >= 0.6 is 11.3 Å². The Morgan fingerprint density at radius 1 is 1.09 bits per heavy atom. The fraction of sp³-hybridized carbons (Fsp3) is 0.294. The second kappa shape index (κ2) is 7.39. The first-order chi connectivity index (χ1) is 11.3. The zero-order chi connectivity index (χ0) is 16.1. The molecule has 0 spiro atoms. The number of benzene rings is 1. The molecule has 0 N–H and O–H groups in total. The van der Waals surface area contributed by atoms with Crippen molar-refractivity contribution in [3.05, 3.63) is 58.3 Å². The number of hydrogen-bond donors (Lipinski definition) is 0. The highest BCUT2D eigenvalue weighted by Crippen LogP contribution is 2.23. The molecule has 1 amide bonds. The first-order valence-corrected chi connectivity index (χ1v) is 8.29. The van der Waals surface area contributed by atoms with E-state index < -0.39 is 12.1 Å². The molecule has 23 heavy (non-hydrogen) atoms. The van der Waals surface area contributed by atoms with Gasteiger partial charge < -0.3 is 14.4 Å². The average Bonchev–Trinajstić information content (AvgIpc) is 3.15. The molecular formula is C17H17NO4S. The normalized spacial score (nSPS) is 15.9. The number of hydrogen-bond acceptors (Lipinski definition) is 5. The SMILES string of the molecule is O=C(O[C@@H](C(=O)N1CCOCC1)c1ccccc1)c1cccs1. The lowest BCUT2D eigenvalue weighted by Crippen LogP contribution is -2.44. The Kier molecular flexibility index (Phi) is 5.05. The van der Waals surface area contributed by atoms with E-state index in [1.54, 1.807) is 34.5 Å². The molecule has 2 aromatic rings. The van der Waals surface area contributed by atoms with Crippen molar-refractivity contribution in [2.45, 2.75) is 6.10 Å². The van der Waals surface area contributed by atoms with Crippen molar-refractivity contribution in [2.75, 3.05) is 26.3 Å². The monoisotopic (exact) mass is 331 g/mol. The highest BCUT2D eigenvalue weighted by Gasteiger charge is 2.30. The van der Waals surface area contributed by atoms with Gasteiger partial charge in [0.15, 0.2) is 0 Å². The summed E-state index contributed by atoms with van der Waals surface area (Å²) in [6.45, 7) is 2.04. The van der Waals surface area contributed by atoms with Crippen LogP contribution in [0.25, 0.3) is 0 Å². The van der Waals surface area contributed by atoms with Crippen LogP contribution in [-0.4, -0.2) is 43.1 Å². The van der Waals surface area contributed by atoms with Crippen molar-refractivity contribution in [2.24, 2.45) is 0 Å². The fourth-order valence-electron chi connectivity index (χ4n) is 2.40. The van der Waals surface area contributed by atoms with Crippen LogP contribution in [0.5, 0.6) is 0 Å². The lowest BCUT2D eigenvalue weighted by atomic mass is 10.1. The molecule has 0 saturated carbocycles. The minimum absolute atomic E-state index is 0.204. The van der Waals surface area contributed by atoms with Gasteiger partial charge in [0.05, 0.1) is 13.2 Å². The van der Waals surface area contributed by atoms with Gasteiger partial charge in [0.1, 0.15) is 4.88 Å². The number of thiophene rings is 1. The van der Waals surface area contributed by atoms with E-state index in [-0.39, 0.29) is 5.91 Å².